The number of benzene rings is 2. The van der Waals surface area contributed by atoms with E-state index < -0.39 is 5.97 Å². The Kier molecular flexibility index (Phi) is 6.82. The summed E-state index contributed by atoms with van der Waals surface area (Å²) in [5, 5.41) is 13.6. The molecule has 0 spiro atoms. The van der Waals surface area contributed by atoms with Crippen LogP contribution in [0.4, 0.5) is 0 Å². The number of carbonyl (C=O) groups is 1. The van der Waals surface area contributed by atoms with Crippen molar-refractivity contribution in [3.05, 3.63) is 59.2 Å². The van der Waals surface area contributed by atoms with Gasteiger partial charge in [0.05, 0.1) is 12.1 Å². The number of aliphatic carboxylic acids is 1. The second-order valence-corrected chi connectivity index (χ2v) is 7.55. The third kappa shape index (κ3) is 5.20. The van der Waals surface area contributed by atoms with E-state index in [9.17, 15) is 9.90 Å². The van der Waals surface area contributed by atoms with Crippen LogP contribution in [0, 0.1) is 19.8 Å². The van der Waals surface area contributed by atoms with E-state index in [1.165, 1.54) is 22.3 Å². The molecule has 1 unspecified atom stereocenters. The van der Waals surface area contributed by atoms with Crippen molar-refractivity contribution in [2.24, 2.45) is 11.0 Å². The quantitative estimate of drug-likeness (QED) is 0.437. The number of rotatable bonds is 7. The molecular formula is C23H29N3O2. The first-order valence-corrected chi connectivity index (χ1v) is 9.92. The minimum Gasteiger partial charge on any atom is -0.481 e. The van der Waals surface area contributed by atoms with E-state index in [1.807, 2.05) is 12.3 Å². The van der Waals surface area contributed by atoms with Crippen LogP contribution in [-0.4, -0.2) is 48.4 Å². The number of carboxylic acid groups (broad SMARTS) is 1. The molecule has 0 radical (unpaired) electrons. The van der Waals surface area contributed by atoms with Gasteiger partial charge >= 0.3 is 5.97 Å². The van der Waals surface area contributed by atoms with Gasteiger partial charge < -0.3 is 15.4 Å². The summed E-state index contributed by atoms with van der Waals surface area (Å²) in [6.45, 7) is 7.35. The summed E-state index contributed by atoms with van der Waals surface area (Å²) in [7, 11) is 0. The first kappa shape index (κ1) is 20.1. The Balaban J connectivity index is 1.57. The summed E-state index contributed by atoms with van der Waals surface area (Å²) < 4.78 is 0. The molecule has 1 aliphatic heterocycles. The van der Waals surface area contributed by atoms with Gasteiger partial charge in [-0.05, 0) is 49.9 Å². The predicted octanol–water partition coefficient (Wildman–Crippen LogP) is 3.69. The fourth-order valence-corrected chi connectivity index (χ4v) is 3.82. The van der Waals surface area contributed by atoms with Crippen molar-refractivity contribution in [1.82, 2.24) is 10.3 Å². The molecular weight excluding hydrogens is 350 g/mol. The molecule has 0 amide bonds. The largest absolute Gasteiger partial charge is 0.481 e. The highest BCUT2D eigenvalue weighted by molar-refractivity contribution is 5.91. The summed E-state index contributed by atoms with van der Waals surface area (Å²) in [5.74, 6) is -0.916. The van der Waals surface area contributed by atoms with Crippen LogP contribution in [0.15, 0.2) is 47.6 Å². The Bertz CT molecular complexity index is 847. The van der Waals surface area contributed by atoms with E-state index in [1.54, 1.807) is 0 Å². The normalized spacial score (nSPS) is 17.7. The molecule has 5 nitrogen and oxygen atoms in total. The van der Waals surface area contributed by atoms with Crippen LogP contribution in [0.5, 0.6) is 0 Å². The molecule has 1 atom stereocenters. The van der Waals surface area contributed by atoms with Gasteiger partial charge in [0, 0.05) is 25.2 Å². The second-order valence-electron chi connectivity index (χ2n) is 7.55. The SMILES string of the molecule is Cc1ccc(-c2ccccc2/C=N/NCCN2CCCC(C(=O)O)C2)c(C)c1. The smallest absolute Gasteiger partial charge is 0.307 e. The maximum Gasteiger partial charge on any atom is 0.307 e. The van der Waals surface area contributed by atoms with Gasteiger partial charge in [-0.2, -0.15) is 5.10 Å². The number of hydrogen-bond donors (Lipinski definition) is 2. The van der Waals surface area contributed by atoms with E-state index in [4.69, 9.17) is 0 Å². The second kappa shape index (κ2) is 9.51. The first-order chi connectivity index (χ1) is 13.5. The fourth-order valence-electron chi connectivity index (χ4n) is 3.82. The van der Waals surface area contributed by atoms with Crippen LogP contribution in [0.1, 0.15) is 29.5 Å². The predicted molar refractivity (Wildman–Crippen MR) is 114 cm³/mol. The molecule has 2 aromatic rings. The number of hydrazone groups is 1. The lowest BCUT2D eigenvalue weighted by molar-refractivity contribution is -0.143. The molecule has 0 aromatic heterocycles. The standard InChI is InChI=1S/C23H29N3O2/c1-17-9-10-21(18(2)14-17)22-8-4-3-6-19(22)15-25-24-11-13-26-12-5-7-20(16-26)23(27)28/h3-4,6,8-10,14-15,20,24H,5,7,11-13,16H2,1-2H3,(H,27,28)/b25-15+. The van der Waals surface area contributed by atoms with Gasteiger partial charge in [0.1, 0.15) is 0 Å². The summed E-state index contributed by atoms with van der Waals surface area (Å²) in [6, 6.07) is 14.8. The molecule has 3 rings (SSSR count). The molecule has 1 aliphatic rings. The lowest BCUT2D eigenvalue weighted by atomic mass is 9.95. The number of nitrogens with one attached hydrogen (secondary N) is 1. The lowest BCUT2D eigenvalue weighted by Crippen LogP contribution is -2.41. The minimum absolute atomic E-state index is 0.234. The molecule has 1 saturated heterocycles. The molecule has 0 bridgehead atoms. The Morgan fingerprint density at radius 3 is 2.86 bits per heavy atom. The van der Waals surface area contributed by atoms with Crippen molar-refractivity contribution in [2.75, 3.05) is 26.2 Å². The third-order valence-corrected chi connectivity index (χ3v) is 5.32. The number of hydrogen-bond acceptors (Lipinski definition) is 4. The molecule has 148 valence electrons. The number of likely N-dealkylation sites (tertiary alicyclic amines) is 1. The fraction of sp³-hybridized carbons (Fsp3) is 0.391. The zero-order chi connectivity index (χ0) is 19.9. The number of carboxylic acids is 1. The zero-order valence-electron chi connectivity index (χ0n) is 16.7. The maximum atomic E-state index is 11.2. The molecule has 0 saturated carbocycles. The van der Waals surface area contributed by atoms with Crippen molar-refractivity contribution >= 4 is 12.2 Å². The number of piperidine rings is 1. The van der Waals surface area contributed by atoms with Gasteiger partial charge in [-0.3, -0.25) is 4.79 Å². The Morgan fingerprint density at radius 2 is 2.07 bits per heavy atom. The summed E-state index contributed by atoms with van der Waals surface area (Å²) >= 11 is 0. The molecule has 2 N–H and O–H groups in total. The Hall–Kier alpha value is -2.66. The topological polar surface area (TPSA) is 64.9 Å². The molecule has 0 aliphatic carbocycles. The molecule has 1 fully saturated rings. The van der Waals surface area contributed by atoms with Crippen LogP contribution >= 0.6 is 0 Å². The zero-order valence-corrected chi connectivity index (χ0v) is 16.7. The number of nitrogens with zero attached hydrogens (tertiary/aromatic N) is 2. The maximum absolute atomic E-state index is 11.2. The number of aryl methyl sites for hydroxylation is 2. The average molecular weight is 380 g/mol. The van der Waals surface area contributed by atoms with Crippen molar-refractivity contribution in [1.29, 1.82) is 0 Å². The van der Waals surface area contributed by atoms with E-state index in [2.05, 4.69) is 65.7 Å². The highest BCUT2D eigenvalue weighted by atomic mass is 16.4. The van der Waals surface area contributed by atoms with E-state index in [-0.39, 0.29) is 5.92 Å². The van der Waals surface area contributed by atoms with Crippen molar-refractivity contribution in [2.45, 2.75) is 26.7 Å². The van der Waals surface area contributed by atoms with Gasteiger partial charge in [-0.25, -0.2) is 0 Å². The lowest BCUT2D eigenvalue weighted by Gasteiger charge is -2.30. The van der Waals surface area contributed by atoms with Gasteiger partial charge in [0.15, 0.2) is 0 Å². The van der Waals surface area contributed by atoms with Crippen LogP contribution in [0.3, 0.4) is 0 Å². The summed E-state index contributed by atoms with van der Waals surface area (Å²) in [5.41, 5.74) is 9.10. The van der Waals surface area contributed by atoms with Crippen molar-refractivity contribution < 1.29 is 9.90 Å². The van der Waals surface area contributed by atoms with Gasteiger partial charge in [0.25, 0.3) is 0 Å². The van der Waals surface area contributed by atoms with Crippen molar-refractivity contribution in [3.8, 4) is 11.1 Å². The Labute approximate surface area is 167 Å². The Morgan fingerprint density at radius 1 is 1.25 bits per heavy atom. The van der Waals surface area contributed by atoms with Crippen LogP contribution < -0.4 is 5.43 Å². The highest BCUT2D eigenvalue weighted by Crippen LogP contribution is 2.26. The van der Waals surface area contributed by atoms with Crippen LogP contribution in [0.2, 0.25) is 0 Å². The van der Waals surface area contributed by atoms with Crippen molar-refractivity contribution in [3.63, 3.8) is 0 Å². The van der Waals surface area contributed by atoms with E-state index in [0.29, 0.717) is 13.1 Å². The first-order valence-electron chi connectivity index (χ1n) is 9.92. The monoisotopic (exact) mass is 379 g/mol. The van der Waals surface area contributed by atoms with Gasteiger partial charge in [-0.15, -0.1) is 0 Å². The van der Waals surface area contributed by atoms with Crippen LogP contribution in [-0.2, 0) is 4.79 Å². The van der Waals surface area contributed by atoms with Gasteiger partial charge in [0.2, 0.25) is 0 Å². The molecule has 5 heteroatoms. The van der Waals surface area contributed by atoms with E-state index in [0.717, 1.165) is 31.5 Å². The molecule has 2 aromatic carbocycles. The van der Waals surface area contributed by atoms with Crippen LogP contribution in [0.25, 0.3) is 11.1 Å². The molecule has 1 heterocycles. The highest BCUT2D eigenvalue weighted by Gasteiger charge is 2.24. The van der Waals surface area contributed by atoms with E-state index >= 15 is 0 Å². The summed E-state index contributed by atoms with van der Waals surface area (Å²) in [4.78, 5) is 13.4. The van der Waals surface area contributed by atoms with Gasteiger partial charge in [-0.1, -0.05) is 48.0 Å². The minimum atomic E-state index is -0.682. The molecule has 28 heavy (non-hydrogen) atoms. The average Bonchev–Trinajstić information content (AvgIpc) is 2.68. The third-order valence-electron chi connectivity index (χ3n) is 5.32. The summed E-state index contributed by atoms with van der Waals surface area (Å²) in [6.07, 6.45) is 3.60.